The van der Waals surface area contributed by atoms with Gasteiger partial charge in [0, 0.05) is 6.54 Å². The zero-order valence-corrected chi connectivity index (χ0v) is 17.3. The summed E-state index contributed by atoms with van der Waals surface area (Å²) in [7, 11) is -7.26. The molecule has 1 fully saturated rings. The summed E-state index contributed by atoms with van der Waals surface area (Å²) in [5, 5.41) is 0. The van der Waals surface area contributed by atoms with Crippen molar-refractivity contribution >= 4 is 31.4 Å². The van der Waals surface area contributed by atoms with Crippen LogP contribution in [0.3, 0.4) is 0 Å². The Hall–Kier alpha value is -2.06. The second-order valence-corrected chi connectivity index (χ2v) is 10.6. The zero-order valence-electron chi connectivity index (χ0n) is 15.7. The summed E-state index contributed by atoms with van der Waals surface area (Å²) in [6, 6.07) is 10.2. The van der Waals surface area contributed by atoms with E-state index in [-0.39, 0.29) is 10.6 Å². The fraction of sp³-hybridized carbons (Fsp3) is 0.368. The van der Waals surface area contributed by atoms with E-state index in [1.165, 1.54) is 10.4 Å². The lowest BCUT2D eigenvalue weighted by Gasteiger charge is -2.28. The van der Waals surface area contributed by atoms with Crippen molar-refractivity contribution in [2.75, 3.05) is 21.3 Å². The number of nitrogens with one attached hydrogen (secondary N) is 1. The van der Waals surface area contributed by atoms with Crippen molar-refractivity contribution in [3.63, 3.8) is 0 Å². The summed E-state index contributed by atoms with van der Waals surface area (Å²) >= 11 is 0. The number of aryl methyl sites for hydroxylation is 2. The predicted octanol–water partition coefficient (Wildman–Crippen LogP) is 3.34. The maximum absolute atomic E-state index is 13.0. The molecule has 0 aliphatic carbocycles. The van der Waals surface area contributed by atoms with Crippen LogP contribution in [0.2, 0.25) is 0 Å². The van der Waals surface area contributed by atoms with Gasteiger partial charge in [0.1, 0.15) is 0 Å². The minimum absolute atomic E-state index is 0.0849. The highest BCUT2D eigenvalue weighted by Gasteiger charge is 2.28. The lowest BCUT2D eigenvalue weighted by Crippen LogP contribution is -2.38. The van der Waals surface area contributed by atoms with Gasteiger partial charge in [0.2, 0.25) is 10.0 Å². The molecular formula is C19H24N2O4S2. The molecule has 0 radical (unpaired) electrons. The van der Waals surface area contributed by atoms with Gasteiger partial charge >= 0.3 is 0 Å². The molecular weight excluding hydrogens is 384 g/mol. The van der Waals surface area contributed by atoms with Crippen LogP contribution in [0.5, 0.6) is 0 Å². The number of anilines is 2. The fourth-order valence-corrected chi connectivity index (χ4v) is 6.19. The Morgan fingerprint density at radius 3 is 2.44 bits per heavy atom. The average molecular weight is 409 g/mol. The quantitative estimate of drug-likeness (QED) is 0.841. The van der Waals surface area contributed by atoms with E-state index in [0.717, 1.165) is 17.5 Å². The molecule has 1 N–H and O–H groups in total. The molecule has 0 atom stereocenters. The fourth-order valence-electron chi connectivity index (χ4n) is 3.17. The largest absolute Gasteiger partial charge is 0.279 e. The van der Waals surface area contributed by atoms with Crippen LogP contribution in [-0.4, -0.2) is 29.1 Å². The van der Waals surface area contributed by atoms with Crippen LogP contribution >= 0.6 is 0 Å². The van der Waals surface area contributed by atoms with Crippen LogP contribution in [0.15, 0.2) is 41.3 Å². The van der Waals surface area contributed by atoms with Crippen molar-refractivity contribution in [2.45, 2.75) is 38.5 Å². The van der Waals surface area contributed by atoms with Crippen LogP contribution in [0, 0.1) is 20.8 Å². The third kappa shape index (κ3) is 3.96. The first kappa shape index (κ1) is 19.7. The molecule has 0 amide bonds. The Morgan fingerprint density at radius 2 is 1.74 bits per heavy atom. The molecule has 1 aliphatic heterocycles. The van der Waals surface area contributed by atoms with Crippen LogP contribution in [0.25, 0.3) is 0 Å². The molecule has 1 saturated heterocycles. The molecule has 0 unspecified atom stereocenters. The maximum atomic E-state index is 13.0. The lowest BCUT2D eigenvalue weighted by molar-refractivity contribution is 0.574. The SMILES string of the molecule is Cc1ccc(N2CCCCS2(=O)=O)cc1S(=O)(=O)Nc1cccc(C)c1C. The van der Waals surface area contributed by atoms with Gasteiger partial charge in [0.15, 0.2) is 0 Å². The van der Waals surface area contributed by atoms with Crippen molar-refractivity contribution < 1.29 is 16.8 Å². The molecule has 2 aromatic rings. The number of rotatable bonds is 4. The molecule has 1 heterocycles. The average Bonchev–Trinajstić information content (AvgIpc) is 2.59. The number of nitrogens with zero attached hydrogens (tertiary/aromatic N) is 1. The van der Waals surface area contributed by atoms with E-state index in [9.17, 15) is 16.8 Å². The molecule has 3 rings (SSSR count). The van der Waals surface area contributed by atoms with Crippen LogP contribution in [-0.2, 0) is 20.0 Å². The summed E-state index contributed by atoms with van der Waals surface area (Å²) in [4.78, 5) is 0.0849. The zero-order chi connectivity index (χ0) is 19.8. The molecule has 2 aromatic carbocycles. The number of sulfonamides is 2. The predicted molar refractivity (Wildman–Crippen MR) is 108 cm³/mol. The Bertz CT molecular complexity index is 1080. The van der Waals surface area contributed by atoms with E-state index in [0.29, 0.717) is 29.9 Å². The summed E-state index contributed by atoms with van der Waals surface area (Å²) < 4.78 is 54.7. The second kappa shape index (κ2) is 7.16. The number of benzene rings is 2. The van der Waals surface area contributed by atoms with Crippen molar-refractivity contribution in [2.24, 2.45) is 0 Å². The Balaban J connectivity index is 2.02. The molecule has 0 saturated carbocycles. The number of hydrogen-bond donors (Lipinski definition) is 1. The normalized spacial score (nSPS) is 16.9. The Morgan fingerprint density at radius 1 is 1.00 bits per heavy atom. The van der Waals surface area contributed by atoms with E-state index >= 15 is 0 Å². The first-order chi connectivity index (χ1) is 12.6. The molecule has 1 aliphatic rings. The third-order valence-corrected chi connectivity index (χ3v) is 8.32. The van der Waals surface area contributed by atoms with Gasteiger partial charge in [-0.3, -0.25) is 9.03 Å². The monoisotopic (exact) mass is 408 g/mol. The second-order valence-electron chi connectivity index (χ2n) is 6.90. The first-order valence-electron chi connectivity index (χ1n) is 8.82. The van der Waals surface area contributed by atoms with Crippen LogP contribution < -0.4 is 9.03 Å². The maximum Gasteiger partial charge on any atom is 0.262 e. The van der Waals surface area contributed by atoms with Gasteiger partial charge < -0.3 is 0 Å². The smallest absolute Gasteiger partial charge is 0.262 e. The van der Waals surface area contributed by atoms with E-state index in [4.69, 9.17) is 0 Å². The molecule has 27 heavy (non-hydrogen) atoms. The highest BCUT2D eigenvalue weighted by molar-refractivity contribution is 7.93. The van der Waals surface area contributed by atoms with E-state index < -0.39 is 20.0 Å². The summed E-state index contributed by atoms with van der Waals surface area (Å²) in [6.45, 7) is 5.85. The Kier molecular flexibility index (Phi) is 5.22. The summed E-state index contributed by atoms with van der Waals surface area (Å²) in [5.74, 6) is 0.0870. The van der Waals surface area contributed by atoms with Crippen LogP contribution in [0.4, 0.5) is 11.4 Å². The van der Waals surface area contributed by atoms with Gasteiger partial charge in [-0.05, 0) is 68.5 Å². The third-order valence-electron chi connectivity index (χ3n) is 4.95. The van der Waals surface area contributed by atoms with Gasteiger partial charge in [-0.2, -0.15) is 0 Å². The van der Waals surface area contributed by atoms with Gasteiger partial charge in [-0.1, -0.05) is 18.2 Å². The minimum atomic E-state index is -3.85. The van der Waals surface area contributed by atoms with Gasteiger partial charge in [-0.25, -0.2) is 16.8 Å². The highest BCUT2D eigenvalue weighted by Crippen LogP contribution is 2.29. The van der Waals surface area contributed by atoms with Gasteiger partial charge in [-0.15, -0.1) is 0 Å². The summed E-state index contributed by atoms with van der Waals surface area (Å²) in [5.41, 5.74) is 3.31. The van der Waals surface area contributed by atoms with Crippen molar-refractivity contribution in [3.8, 4) is 0 Å². The minimum Gasteiger partial charge on any atom is -0.279 e. The first-order valence-corrected chi connectivity index (χ1v) is 11.9. The molecule has 0 bridgehead atoms. The molecule has 0 aromatic heterocycles. The van der Waals surface area contributed by atoms with Crippen molar-refractivity contribution in [1.29, 1.82) is 0 Å². The van der Waals surface area contributed by atoms with E-state index in [2.05, 4.69) is 4.72 Å². The molecule has 6 nitrogen and oxygen atoms in total. The standard InChI is InChI=1S/C19H24N2O4S2/c1-14-7-6-8-18(16(14)3)20-27(24,25)19-13-17(10-9-15(19)2)21-11-4-5-12-26(21,22)23/h6-10,13,20H,4-5,11-12H2,1-3H3. The molecule has 0 spiro atoms. The van der Waals surface area contributed by atoms with E-state index in [1.807, 2.05) is 19.9 Å². The van der Waals surface area contributed by atoms with Gasteiger partial charge in [0.25, 0.3) is 10.0 Å². The van der Waals surface area contributed by atoms with Crippen molar-refractivity contribution in [1.82, 2.24) is 0 Å². The van der Waals surface area contributed by atoms with Crippen molar-refractivity contribution in [3.05, 3.63) is 53.1 Å². The molecule has 8 heteroatoms. The topological polar surface area (TPSA) is 83.6 Å². The lowest BCUT2D eigenvalue weighted by atomic mass is 10.1. The summed E-state index contributed by atoms with van der Waals surface area (Å²) in [6.07, 6.45) is 1.39. The van der Waals surface area contributed by atoms with Crippen LogP contribution in [0.1, 0.15) is 29.5 Å². The Labute approximate surface area is 161 Å². The number of hydrogen-bond acceptors (Lipinski definition) is 4. The molecule has 146 valence electrons. The van der Waals surface area contributed by atoms with E-state index in [1.54, 1.807) is 31.2 Å². The highest BCUT2D eigenvalue weighted by atomic mass is 32.2. The van der Waals surface area contributed by atoms with Gasteiger partial charge in [0.05, 0.1) is 22.0 Å².